The van der Waals surface area contributed by atoms with Crippen molar-refractivity contribution < 1.29 is 4.79 Å². The molecule has 1 heterocycles. The highest BCUT2D eigenvalue weighted by Crippen LogP contribution is 2.20. The lowest BCUT2D eigenvalue weighted by molar-refractivity contribution is -0.119. The van der Waals surface area contributed by atoms with Gasteiger partial charge in [-0.05, 0) is 19.8 Å². The van der Waals surface area contributed by atoms with Crippen LogP contribution in [0.2, 0.25) is 0 Å². The first-order chi connectivity index (χ1) is 9.13. The van der Waals surface area contributed by atoms with Gasteiger partial charge in [0.2, 0.25) is 5.91 Å². The molecule has 1 aromatic rings. The van der Waals surface area contributed by atoms with Crippen LogP contribution in [0, 0.1) is 6.92 Å². The highest BCUT2D eigenvalue weighted by atomic mass is 16.2. The number of rotatable bonds is 6. The van der Waals surface area contributed by atoms with Crippen LogP contribution in [0.4, 0.5) is 11.6 Å². The lowest BCUT2D eigenvalue weighted by Gasteiger charge is -2.13. The number of hydrogen-bond acceptors (Lipinski definition) is 5. The first-order valence-electron chi connectivity index (χ1n) is 6.72. The molecule has 0 aliphatic heterocycles. The fourth-order valence-electron chi connectivity index (χ4n) is 1.81. The molecule has 0 saturated heterocycles. The van der Waals surface area contributed by atoms with E-state index in [9.17, 15) is 4.79 Å². The number of hydrogen-bond donors (Lipinski definition) is 3. The van der Waals surface area contributed by atoms with Crippen LogP contribution in [-0.4, -0.2) is 35.5 Å². The van der Waals surface area contributed by atoms with Crippen molar-refractivity contribution in [1.29, 1.82) is 0 Å². The van der Waals surface area contributed by atoms with Gasteiger partial charge in [0.05, 0.1) is 6.54 Å². The number of nitrogens with one attached hydrogen (secondary N) is 3. The summed E-state index contributed by atoms with van der Waals surface area (Å²) in [6.45, 7) is 4.20. The smallest absolute Gasteiger partial charge is 0.239 e. The van der Waals surface area contributed by atoms with E-state index < -0.39 is 0 Å². The van der Waals surface area contributed by atoms with Gasteiger partial charge in [-0.25, -0.2) is 9.97 Å². The molecule has 0 spiro atoms. The van der Waals surface area contributed by atoms with Crippen molar-refractivity contribution in [3.63, 3.8) is 0 Å². The summed E-state index contributed by atoms with van der Waals surface area (Å²) in [7, 11) is 1.83. The van der Waals surface area contributed by atoms with E-state index in [0.717, 1.165) is 42.3 Å². The molecule has 104 valence electrons. The number of anilines is 2. The number of amides is 1. The molecular formula is C13H21N5O. The molecule has 6 heteroatoms. The lowest BCUT2D eigenvalue weighted by Crippen LogP contribution is -2.31. The Kier molecular flexibility index (Phi) is 4.19. The van der Waals surface area contributed by atoms with E-state index in [1.165, 1.54) is 0 Å². The fraction of sp³-hybridized carbons (Fsp3) is 0.615. The van der Waals surface area contributed by atoms with Crippen LogP contribution in [0.3, 0.4) is 0 Å². The average Bonchev–Trinajstić information content (AvgIpc) is 3.21. The SMILES string of the molecule is CCc1nc(NC)c(C)c(NCC(=O)NC2CC2)n1. The molecule has 0 bridgehead atoms. The number of aryl methyl sites for hydroxylation is 1. The maximum absolute atomic E-state index is 11.7. The zero-order valence-electron chi connectivity index (χ0n) is 11.7. The Bertz CT molecular complexity index is 470. The third kappa shape index (κ3) is 3.56. The molecule has 1 aliphatic carbocycles. The third-order valence-corrected chi connectivity index (χ3v) is 3.10. The van der Waals surface area contributed by atoms with Crippen LogP contribution in [0.25, 0.3) is 0 Å². The van der Waals surface area contributed by atoms with Crippen molar-refractivity contribution >= 4 is 17.5 Å². The van der Waals surface area contributed by atoms with Gasteiger partial charge in [-0.15, -0.1) is 0 Å². The second kappa shape index (κ2) is 5.86. The van der Waals surface area contributed by atoms with Crippen molar-refractivity contribution in [3.8, 4) is 0 Å². The maximum atomic E-state index is 11.7. The van der Waals surface area contributed by atoms with E-state index in [0.29, 0.717) is 6.04 Å². The monoisotopic (exact) mass is 263 g/mol. The molecule has 1 aliphatic rings. The summed E-state index contributed by atoms with van der Waals surface area (Å²) >= 11 is 0. The van der Waals surface area contributed by atoms with E-state index in [-0.39, 0.29) is 12.5 Å². The first kappa shape index (κ1) is 13.6. The van der Waals surface area contributed by atoms with E-state index in [2.05, 4.69) is 25.9 Å². The summed E-state index contributed by atoms with van der Waals surface area (Å²) in [5.74, 6) is 2.31. The minimum Gasteiger partial charge on any atom is -0.373 e. The van der Waals surface area contributed by atoms with Crippen LogP contribution in [0.15, 0.2) is 0 Å². The van der Waals surface area contributed by atoms with Crippen LogP contribution < -0.4 is 16.0 Å². The van der Waals surface area contributed by atoms with Gasteiger partial charge in [0.25, 0.3) is 0 Å². The highest BCUT2D eigenvalue weighted by molar-refractivity contribution is 5.81. The fourth-order valence-corrected chi connectivity index (χ4v) is 1.81. The van der Waals surface area contributed by atoms with Gasteiger partial charge >= 0.3 is 0 Å². The van der Waals surface area contributed by atoms with Gasteiger partial charge in [0.15, 0.2) is 0 Å². The highest BCUT2D eigenvalue weighted by Gasteiger charge is 2.23. The second-order valence-corrected chi connectivity index (χ2v) is 4.76. The minimum atomic E-state index is 0.0181. The van der Waals surface area contributed by atoms with E-state index in [1.807, 2.05) is 20.9 Å². The molecule has 1 amide bonds. The van der Waals surface area contributed by atoms with Gasteiger partial charge < -0.3 is 16.0 Å². The Morgan fingerprint density at radius 2 is 2.00 bits per heavy atom. The summed E-state index contributed by atoms with van der Waals surface area (Å²) in [4.78, 5) is 20.5. The predicted octanol–water partition coefficient (Wildman–Crippen LogP) is 1.08. The van der Waals surface area contributed by atoms with Crippen LogP contribution in [0.5, 0.6) is 0 Å². The van der Waals surface area contributed by atoms with Gasteiger partial charge in [-0.3, -0.25) is 4.79 Å². The van der Waals surface area contributed by atoms with Crippen molar-refractivity contribution in [2.45, 2.75) is 39.2 Å². The third-order valence-electron chi connectivity index (χ3n) is 3.10. The number of aromatic nitrogens is 2. The molecule has 3 N–H and O–H groups in total. The predicted molar refractivity (Wildman–Crippen MR) is 75.3 cm³/mol. The molecule has 6 nitrogen and oxygen atoms in total. The number of nitrogens with zero attached hydrogens (tertiary/aromatic N) is 2. The van der Waals surface area contributed by atoms with Gasteiger partial charge in [0.1, 0.15) is 17.5 Å². The van der Waals surface area contributed by atoms with Gasteiger partial charge in [-0.1, -0.05) is 6.92 Å². The average molecular weight is 263 g/mol. The van der Waals surface area contributed by atoms with Gasteiger partial charge in [-0.2, -0.15) is 0 Å². The Hall–Kier alpha value is -1.85. The summed E-state index contributed by atoms with van der Waals surface area (Å²) in [5, 5.41) is 9.08. The van der Waals surface area contributed by atoms with E-state index in [4.69, 9.17) is 0 Å². The normalized spacial score (nSPS) is 14.1. The summed E-state index contributed by atoms with van der Waals surface area (Å²) in [6, 6.07) is 0.389. The van der Waals surface area contributed by atoms with Crippen LogP contribution in [0.1, 0.15) is 31.2 Å². The topological polar surface area (TPSA) is 78.9 Å². The molecule has 19 heavy (non-hydrogen) atoms. The summed E-state index contributed by atoms with van der Waals surface area (Å²) in [5.41, 5.74) is 0.930. The van der Waals surface area contributed by atoms with Crippen LogP contribution >= 0.6 is 0 Å². The quantitative estimate of drug-likeness (QED) is 0.716. The van der Waals surface area contributed by atoms with Gasteiger partial charge in [0, 0.05) is 25.1 Å². The Morgan fingerprint density at radius 1 is 1.32 bits per heavy atom. The maximum Gasteiger partial charge on any atom is 0.239 e. The zero-order chi connectivity index (χ0) is 13.8. The second-order valence-electron chi connectivity index (χ2n) is 4.76. The lowest BCUT2D eigenvalue weighted by atomic mass is 10.3. The van der Waals surface area contributed by atoms with Crippen molar-refractivity contribution in [2.75, 3.05) is 24.2 Å². The van der Waals surface area contributed by atoms with Crippen molar-refractivity contribution in [1.82, 2.24) is 15.3 Å². The molecular weight excluding hydrogens is 242 g/mol. The summed E-state index contributed by atoms with van der Waals surface area (Å²) < 4.78 is 0. The largest absolute Gasteiger partial charge is 0.373 e. The Morgan fingerprint density at radius 3 is 2.58 bits per heavy atom. The Balaban J connectivity index is 2.03. The number of carbonyl (C=O) groups excluding carboxylic acids is 1. The first-order valence-corrected chi connectivity index (χ1v) is 6.72. The summed E-state index contributed by atoms with van der Waals surface area (Å²) in [6.07, 6.45) is 2.96. The standard InChI is InChI=1S/C13H21N5O/c1-4-10-17-12(14-3)8(2)13(18-10)15-7-11(19)16-9-5-6-9/h9H,4-7H2,1-3H3,(H,16,19)(H2,14,15,17,18). The Labute approximate surface area is 113 Å². The molecule has 1 saturated carbocycles. The number of carbonyl (C=O) groups is 1. The molecule has 0 aromatic carbocycles. The van der Waals surface area contributed by atoms with Crippen molar-refractivity contribution in [2.24, 2.45) is 0 Å². The van der Waals surface area contributed by atoms with E-state index >= 15 is 0 Å². The van der Waals surface area contributed by atoms with E-state index in [1.54, 1.807) is 0 Å². The molecule has 2 rings (SSSR count). The molecule has 1 aromatic heterocycles. The molecule has 0 unspecified atom stereocenters. The molecule has 0 atom stereocenters. The van der Waals surface area contributed by atoms with Crippen molar-refractivity contribution in [3.05, 3.63) is 11.4 Å². The van der Waals surface area contributed by atoms with Crippen LogP contribution in [-0.2, 0) is 11.2 Å². The minimum absolute atomic E-state index is 0.0181. The molecule has 1 fully saturated rings. The zero-order valence-corrected chi connectivity index (χ0v) is 11.7. The molecule has 0 radical (unpaired) electrons.